The molecule has 28 heavy (non-hydrogen) atoms. The first-order valence-electron chi connectivity index (χ1n) is 9.98. The standard InChI is InChI=1S/C22H24N4O2/c27-20-8-10-22(16-26(20)14-17-5-3-11-23-13-17)9-4-12-25(15-22)21-24-18-6-1-2-7-19(18)28-21/h1-3,5-7,11,13H,4,8-10,12,14-16H2. The van der Waals surface area contributed by atoms with E-state index in [2.05, 4.69) is 14.9 Å². The largest absolute Gasteiger partial charge is 0.423 e. The van der Waals surface area contributed by atoms with Crippen molar-refractivity contribution in [3.05, 3.63) is 54.4 Å². The minimum atomic E-state index is 0.106. The zero-order valence-electron chi connectivity index (χ0n) is 15.9. The van der Waals surface area contributed by atoms with Gasteiger partial charge in [-0.2, -0.15) is 4.98 Å². The minimum Gasteiger partial charge on any atom is -0.423 e. The van der Waals surface area contributed by atoms with Gasteiger partial charge in [0.25, 0.3) is 6.01 Å². The summed E-state index contributed by atoms with van der Waals surface area (Å²) in [6.45, 7) is 3.26. The molecule has 0 N–H and O–H groups in total. The highest BCUT2D eigenvalue weighted by molar-refractivity contribution is 5.77. The maximum Gasteiger partial charge on any atom is 0.298 e. The quantitative estimate of drug-likeness (QED) is 0.698. The van der Waals surface area contributed by atoms with Crippen LogP contribution in [0.4, 0.5) is 6.01 Å². The summed E-state index contributed by atoms with van der Waals surface area (Å²) >= 11 is 0. The second-order valence-corrected chi connectivity index (χ2v) is 8.10. The van der Waals surface area contributed by atoms with Crippen LogP contribution >= 0.6 is 0 Å². The van der Waals surface area contributed by atoms with E-state index < -0.39 is 0 Å². The Morgan fingerprint density at radius 3 is 2.89 bits per heavy atom. The average molecular weight is 376 g/mol. The lowest BCUT2D eigenvalue weighted by molar-refractivity contribution is -0.138. The number of nitrogens with zero attached hydrogens (tertiary/aromatic N) is 4. The molecule has 1 amide bonds. The van der Waals surface area contributed by atoms with E-state index in [1.807, 2.05) is 47.5 Å². The smallest absolute Gasteiger partial charge is 0.298 e. The molecule has 5 rings (SSSR count). The van der Waals surface area contributed by atoms with E-state index in [0.717, 1.165) is 55.6 Å². The molecule has 6 nitrogen and oxygen atoms in total. The number of hydrogen-bond donors (Lipinski definition) is 0. The molecule has 0 bridgehead atoms. The first-order valence-corrected chi connectivity index (χ1v) is 9.98. The van der Waals surface area contributed by atoms with Crippen molar-refractivity contribution in [1.29, 1.82) is 0 Å². The zero-order valence-corrected chi connectivity index (χ0v) is 15.9. The number of amides is 1. The van der Waals surface area contributed by atoms with Crippen LogP contribution in [0.25, 0.3) is 11.1 Å². The van der Waals surface area contributed by atoms with Crippen molar-refractivity contribution in [3.63, 3.8) is 0 Å². The van der Waals surface area contributed by atoms with Gasteiger partial charge >= 0.3 is 0 Å². The van der Waals surface area contributed by atoms with Gasteiger partial charge in [-0.25, -0.2) is 0 Å². The lowest BCUT2D eigenvalue weighted by atomic mass is 9.73. The van der Waals surface area contributed by atoms with E-state index in [1.54, 1.807) is 6.20 Å². The summed E-state index contributed by atoms with van der Waals surface area (Å²) in [4.78, 5) is 25.7. The number of anilines is 1. The molecule has 1 unspecified atom stereocenters. The predicted octanol–water partition coefficient (Wildman–Crippen LogP) is 3.63. The molecule has 1 spiro atoms. The van der Waals surface area contributed by atoms with Crippen LogP contribution in [0.5, 0.6) is 0 Å². The third-order valence-corrected chi connectivity index (χ3v) is 6.06. The van der Waals surface area contributed by atoms with Crippen LogP contribution in [0, 0.1) is 5.41 Å². The van der Waals surface area contributed by atoms with Crippen LogP contribution in [0.2, 0.25) is 0 Å². The van der Waals surface area contributed by atoms with Crippen LogP contribution < -0.4 is 4.90 Å². The molecule has 1 aromatic carbocycles. The number of benzene rings is 1. The van der Waals surface area contributed by atoms with Crippen molar-refractivity contribution in [1.82, 2.24) is 14.9 Å². The number of oxazole rings is 1. The fraction of sp³-hybridized carbons (Fsp3) is 0.409. The number of pyridine rings is 1. The third-order valence-electron chi connectivity index (χ3n) is 6.06. The summed E-state index contributed by atoms with van der Waals surface area (Å²) in [7, 11) is 0. The van der Waals surface area contributed by atoms with Gasteiger partial charge in [-0.1, -0.05) is 18.2 Å². The minimum absolute atomic E-state index is 0.106. The van der Waals surface area contributed by atoms with Crippen molar-refractivity contribution < 1.29 is 9.21 Å². The van der Waals surface area contributed by atoms with Gasteiger partial charge in [-0.15, -0.1) is 0 Å². The van der Waals surface area contributed by atoms with Crippen molar-refractivity contribution >= 4 is 23.0 Å². The first-order chi connectivity index (χ1) is 13.7. The highest BCUT2D eigenvalue weighted by Crippen LogP contribution is 2.40. The highest BCUT2D eigenvalue weighted by atomic mass is 16.4. The van der Waals surface area contributed by atoms with Crippen molar-refractivity contribution in [3.8, 4) is 0 Å². The van der Waals surface area contributed by atoms with Gasteiger partial charge in [0.2, 0.25) is 5.91 Å². The molecule has 2 aliphatic rings. The normalized spacial score (nSPS) is 22.9. The fourth-order valence-corrected chi connectivity index (χ4v) is 4.66. The average Bonchev–Trinajstić information content (AvgIpc) is 3.16. The number of rotatable bonds is 3. The van der Waals surface area contributed by atoms with Gasteiger partial charge in [0, 0.05) is 50.4 Å². The van der Waals surface area contributed by atoms with Gasteiger partial charge < -0.3 is 14.2 Å². The summed E-state index contributed by atoms with van der Waals surface area (Å²) in [5.74, 6) is 0.244. The van der Waals surface area contributed by atoms with Gasteiger partial charge in [0.05, 0.1) is 0 Å². The molecule has 144 valence electrons. The van der Waals surface area contributed by atoms with Gasteiger partial charge in [-0.3, -0.25) is 9.78 Å². The van der Waals surface area contributed by atoms with E-state index in [4.69, 9.17) is 4.42 Å². The molecular weight excluding hydrogens is 352 g/mol. The number of para-hydroxylation sites is 2. The van der Waals surface area contributed by atoms with Gasteiger partial charge in [0.1, 0.15) is 5.52 Å². The molecule has 3 aromatic rings. The zero-order chi connectivity index (χ0) is 19.0. The highest BCUT2D eigenvalue weighted by Gasteiger charge is 2.42. The fourth-order valence-electron chi connectivity index (χ4n) is 4.66. The summed E-state index contributed by atoms with van der Waals surface area (Å²) in [5, 5.41) is 0. The summed E-state index contributed by atoms with van der Waals surface area (Å²) in [6, 6.07) is 12.6. The molecule has 2 fully saturated rings. The van der Waals surface area contributed by atoms with E-state index >= 15 is 0 Å². The number of aromatic nitrogens is 2. The Morgan fingerprint density at radius 1 is 1.11 bits per heavy atom. The van der Waals surface area contributed by atoms with Crippen molar-refractivity contribution in [2.24, 2.45) is 5.41 Å². The number of carbonyl (C=O) groups excluding carboxylic acids is 1. The lowest BCUT2D eigenvalue weighted by Gasteiger charge is -2.47. The molecular formula is C22H24N4O2. The first kappa shape index (κ1) is 17.2. The number of piperidine rings is 2. The van der Waals surface area contributed by atoms with Crippen LogP contribution in [-0.2, 0) is 11.3 Å². The molecule has 2 aliphatic heterocycles. The molecule has 2 saturated heterocycles. The summed E-state index contributed by atoms with van der Waals surface area (Å²) in [6.07, 6.45) is 7.39. The Labute approximate surface area is 164 Å². The molecule has 1 atom stereocenters. The Kier molecular flexibility index (Phi) is 4.26. The Hall–Kier alpha value is -2.89. The van der Waals surface area contributed by atoms with E-state index in [0.29, 0.717) is 19.0 Å². The van der Waals surface area contributed by atoms with E-state index in [-0.39, 0.29) is 11.3 Å². The number of fused-ring (bicyclic) bond motifs is 1. The van der Waals surface area contributed by atoms with Crippen LogP contribution in [0.3, 0.4) is 0 Å². The molecule has 6 heteroatoms. The topological polar surface area (TPSA) is 62.5 Å². The Bertz CT molecular complexity index is 953. The molecule has 2 aromatic heterocycles. The SMILES string of the molecule is O=C1CCC2(CCCN(c3nc4ccccc4o3)C2)CN1Cc1cccnc1. The van der Waals surface area contributed by atoms with Crippen LogP contribution in [0.15, 0.2) is 53.2 Å². The second-order valence-electron chi connectivity index (χ2n) is 8.10. The van der Waals surface area contributed by atoms with Crippen LogP contribution in [0.1, 0.15) is 31.2 Å². The monoisotopic (exact) mass is 376 g/mol. The van der Waals surface area contributed by atoms with Crippen LogP contribution in [-0.4, -0.2) is 40.4 Å². The lowest BCUT2D eigenvalue weighted by Crippen LogP contribution is -2.54. The second kappa shape index (κ2) is 6.93. The van der Waals surface area contributed by atoms with Gasteiger partial charge in [-0.05, 0) is 43.0 Å². The van der Waals surface area contributed by atoms with E-state index in [1.165, 1.54) is 0 Å². The maximum absolute atomic E-state index is 12.6. The molecule has 0 aliphatic carbocycles. The number of hydrogen-bond acceptors (Lipinski definition) is 5. The summed E-state index contributed by atoms with van der Waals surface area (Å²) < 4.78 is 6.01. The van der Waals surface area contributed by atoms with Gasteiger partial charge in [0.15, 0.2) is 5.58 Å². The summed E-state index contributed by atoms with van der Waals surface area (Å²) in [5.41, 5.74) is 2.91. The van der Waals surface area contributed by atoms with Crippen molar-refractivity contribution in [2.75, 3.05) is 24.5 Å². The number of carbonyl (C=O) groups is 1. The molecule has 0 radical (unpaired) electrons. The molecule has 4 heterocycles. The van der Waals surface area contributed by atoms with E-state index in [9.17, 15) is 4.79 Å². The number of likely N-dealkylation sites (tertiary alicyclic amines) is 1. The third kappa shape index (κ3) is 3.23. The van der Waals surface area contributed by atoms with Crippen molar-refractivity contribution in [2.45, 2.75) is 32.2 Å². The molecule has 0 saturated carbocycles. The maximum atomic E-state index is 12.6. The Balaban J connectivity index is 1.36. The Morgan fingerprint density at radius 2 is 2.04 bits per heavy atom. The predicted molar refractivity (Wildman–Crippen MR) is 107 cm³/mol.